The van der Waals surface area contributed by atoms with E-state index < -0.39 is 85.7 Å². The van der Waals surface area contributed by atoms with Gasteiger partial charge >= 0.3 is 5.97 Å². The van der Waals surface area contributed by atoms with Crippen LogP contribution in [0.15, 0.2) is 0 Å². The highest BCUT2D eigenvalue weighted by molar-refractivity contribution is 5.75. The number of ether oxygens (including phenoxy) is 3. The zero-order valence-electron chi connectivity index (χ0n) is 16.1. The first-order chi connectivity index (χ1) is 14.0. The minimum Gasteiger partial charge on any atom is -0.479 e. The van der Waals surface area contributed by atoms with Gasteiger partial charge in [0.25, 0.3) is 0 Å². The van der Waals surface area contributed by atoms with E-state index in [2.05, 4.69) is 10.6 Å². The Morgan fingerprint density at radius 3 is 1.97 bits per heavy atom. The molecule has 2 rings (SSSR count). The largest absolute Gasteiger partial charge is 0.479 e. The molecule has 172 valence electrons. The fourth-order valence-corrected chi connectivity index (χ4v) is 3.36. The first-order valence-corrected chi connectivity index (χ1v) is 9.04. The van der Waals surface area contributed by atoms with Crippen LogP contribution in [0.1, 0.15) is 13.8 Å². The van der Waals surface area contributed by atoms with Crippen LogP contribution < -0.4 is 10.6 Å². The summed E-state index contributed by atoms with van der Waals surface area (Å²) in [6, 6.07) is -2.85. The molecule has 0 aromatic heterocycles. The number of hydrogen-bond acceptors (Lipinski definition) is 11. The van der Waals surface area contributed by atoms with Gasteiger partial charge in [-0.1, -0.05) is 0 Å². The van der Waals surface area contributed by atoms with Gasteiger partial charge in [0.1, 0.15) is 42.6 Å². The van der Waals surface area contributed by atoms with E-state index in [1.165, 1.54) is 0 Å². The Hall–Kier alpha value is -1.91. The van der Waals surface area contributed by atoms with Gasteiger partial charge in [-0.3, -0.25) is 9.59 Å². The predicted molar refractivity (Wildman–Crippen MR) is 92.4 cm³/mol. The third-order valence-corrected chi connectivity index (χ3v) is 4.75. The average Bonchev–Trinajstić information content (AvgIpc) is 2.65. The maximum Gasteiger partial charge on any atom is 0.335 e. The van der Waals surface area contributed by atoms with Crippen LogP contribution in [0, 0.1) is 0 Å². The molecule has 2 aliphatic rings. The summed E-state index contributed by atoms with van der Waals surface area (Å²) in [5, 5.41) is 64.1. The third kappa shape index (κ3) is 5.22. The van der Waals surface area contributed by atoms with Crippen LogP contribution >= 0.6 is 0 Å². The van der Waals surface area contributed by atoms with Crippen molar-refractivity contribution in [3.63, 3.8) is 0 Å². The number of carbonyl (C=O) groups is 3. The smallest absolute Gasteiger partial charge is 0.335 e. The van der Waals surface area contributed by atoms with Crippen molar-refractivity contribution >= 4 is 17.8 Å². The van der Waals surface area contributed by atoms with Gasteiger partial charge in [-0.05, 0) is 0 Å². The van der Waals surface area contributed by atoms with Crippen LogP contribution in [0.3, 0.4) is 0 Å². The molecule has 0 radical (unpaired) electrons. The summed E-state index contributed by atoms with van der Waals surface area (Å²) in [5.41, 5.74) is 0. The van der Waals surface area contributed by atoms with Crippen molar-refractivity contribution in [2.75, 3.05) is 6.61 Å². The first-order valence-electron chi connectivity index (χ1n) is 9.04. The van der Waals surface area contributed by atoms with Gasteiger partial charge in [-0.25, -0.2) is 4.79 Å². The topological polar surface area (TPSA) is 224 Å². The van der Waals surface area contributed by atoms with Crippen molar-refractivity contribution in [1.82, 2.24) is 10.6 Å². The molecule has 0 aromatic carbocycles. The molecule has 0 unspecified atom stereocenters. The minimum absolute atomic E-state index is 0.632. The lowest BCUT2D eigenvalue weighted by Crippen LogP contribution is -2.69. The third-order valence-electron chi connectivity index (χ3n) is 4.75. The van der Waals surface area contributed by atoms with Crippen molar-refractivity contribution < 1.29 is 59.2 Å². The van der Waals surface area contributed by atoms with Crippen molar-refractivity contribution in [3.05, 3.63) is 0 Å². The summed E-state index contributed by atoms with van der Waals surface area (Å²) < 4.78 is 15.8. The number of aliphatic carboxylic acids is 1. The lowest BCUT2D eigenvalue weighted by molar-refractivity contribution is -0.319. The minimum atomic E-state index is -1.94. The van der Waals surface area contributed by atoms with E-state index in [1.807, 2.05) is 0 Å². The molecule has 0 aliphatic carbocycles. The van der Waals surface area contributed by atoms with Crippen LogP contribution in [-0.4, -0.2) is 116 Å². The monoisotopic (exact) mass is 438 g/mol. The quantitative estimate of drug-likeness (QED) is 0.195. The van der Waals surface area contributed by atoms with Crippen molar-refractivity contribution in [2.45, 2.75) is 75.1 Å². The molecule has 14 heteroatoms. The predicted octanol–water partition coefficient (Wildman–Crippen LogP) is -5.02. The molecule has 2 heterocycles. The van der Waals surface area contributed by atoms with Gasteiger partial charge in [0.15, 0.2) is 18.7 Å². The molecule has 2 amide bonds. The fourth-order valence-electron chi connectivity index (χ4n) is 3.36. The van der Waals surface area contributed by atoms with Crippen molar-refractivity contribution in [1.29, 1.82) is 0 Å². The molecular weight excluding hydrogens is 412 g/mol. The first kappa shape index (κ1) is 24.4. The molecule has 2 fully saturated rings. The molecule has 10 atom stereocenters. The Labute approximate surface area is 170 Å². The number of hydrogen-bond donors (Lipinski definition) is 8. The summed E-state index contributed by atoms with van der Waals surface area (Å²) >= 11 is 0. The SMILES string of the molecule is CC(=O)N[C@@H]1[C@H](O[C@H]2[C@@H](O)[C@@H](CO)O[C@H](O)[C@@H]2NC(C)=O)O[C@@H](C(=O)O)[C@@H](O)[C@H]1O. The molecule has 2 aliphatic heterocycles. The maximum atomic E-state index is 11.5. The molecule has 0 bridgehead atoms. The molecule has 30 heavy (non-hydrogen) atoms. The Morgan fingerprint density at radius 2 is 1.47 bits per heavy atom. The highest BCUT2D eigenvalue weighted by Crippen LogP contribution is 2.29. The second-order valence-electron chi connectivity index (χ2n) is 7.04. The zero-order valence-corrected chi connectivity index (χ0v) is 16.1. The lowest BCUT2D eigenvalue weighted by Gasteiger charge is -2.47. The van der Waals surface area contributed by atoms with Gasteiger partial charge in [-0.2, -0.15) is 0 Å². The summed E-state index contributed by atoms with van der Waals surface area (Å²) in [4.78, 5) is 34.4. The van der Waals surface area contributed by atoms with Gasteiger partial charge in [0, 0.05) is 13.8 Å². The van der Waals surface area contributed by atoms with Gasteiger partial charge in [0.2, 0.25) is 11.8 Å². The number of nitrogens with one attached hydrogen (secondary N) is 2. The average molecular weight is 438 g/mol. The summed E-state index contributed by atoms with van der Waals surface area (Å²) in [7, 11) is 0. The molecule has 0 aromatic rings. The van der Waals surface area contributed by atoms with Crippen molar-refractivity contribution in [2.24, 2.45) is 0 Å². The van der Waals surface area contributed by atoms with Crippen LogP contribution in [0.2, 0.25) is 0 Å². The second-order valence-corrected chi connectivity index (χ2v) is 7.04. The maximum absolute atomic E-state index is 11.5. The molecule has 0 spiro atoms. The molecular formula is C16H26N2O12. The van der Waals surface area contributed by atoms with Gasteiger partial charge in [-0.15, -0.1) is 0 Å². The molecule has 0 saturated carbocycles. The number of carbonyl (C=O) groups excluding carboxylic acids is 2. The normalized spacial score (nSPS) is 41.7. The number of carboxylic acids is 1. The van der Waals surface area contributed by atoms with E-state index in [0.29, 0.717) is 0 Å². The summed E-state index contributed by atoms with van der Waals surface area (Å²) in [5.74, 6) is -2.93. The van der Waals surface area contributed by atoms with Crippen LogP contribution in [0.5, 0.6) is 0 Å². The molecule has 14 nitrogen and oxygen atoms in total. The molecule has 8 N–H and O–H groups in total. The van der Waals surface area contributed by atoms with Gasteiger partial charge in [0.05, 0.1) is 6.61 Å². The van der Waals surface area contributed by atoms with E-state index in [-0.39, 0.29) is 0 Å². The van der Waals surface area contributed by atoms with Crippen molar-refractivity contribution in [3.8, 4) is 0 Å². The second kappa shape index (κ2) is 9.93. The number of aliphatic hydroxyl groups excluding tert-OH is 5. The van der Waals surface area contributed by atoms with Crippen LogP contribution in [-0.2, 0) is 28.6 Å². The summed E-state index contributed by atoms with van der Waals surface area (Å²) in [6.07, 6.45) is -13.6. The zero-order chi connectivity index (χ0) is 22.7. The van der Waals surface area contributed by atoms with E-state index in [9.17, 15) is 45.0 Å². The van der Waals surface area contributed by atoms with E-state index >= 15 is 0 Å². The fraction of sp³-hybridized carbons (Fsp3) is 0.812. The number of aliphatic hydroxyl groups is 5. The van der Waals surface area contributed by atoms with Crippen LogP contribution in [0.25, 0.3) is 0 Å². The van der Waals surface area contributed by atoms with E-state index in [0.717, 1.165) is 13.8 Å². The van der Waals surface area contributed by atoms with E-state index in [1.54, 1.807) is 0 Å². The molecule has 2 saturated heterocycles. The standard InChI is InChI=1S/C16H26N2O12/c1-4(20)17-7-10(23)11(24)13(14(25)26)30-16(7)29-12-8(18-5(2)21)15(27)28-6(3-19)9(12)22/h6-13,15-16,19,22-24,27H,3H2,1-2H3,(H,17,20)(H,18,21)(H,25,26)/t6-,7+,8-,9+,10+,11+,12-,13-,15+,16-/m1/s1. The van der Waals surface area contributed by atoms with Crippen LogP contribution in [0.4, 0.5) is 0 Å². The highest BCUT2D eigenvalue weighted by Gasteiger charge is 2.52. The number of amides is 2. The lowest BCUT2D eigenvalue weighted by atomic mass is 9.94. The Morgan fingerprint density at radius 1 is 0.900 bits per heavy atom. The van der Waals surface area contributed by atoms with E-state index in [4.69, 9.17) is 14.2 Å². The Balaban J connectivity index is 2.36. The Bertz CT molecular complexity index is 648. The highest BCUT2D eigenvalue weighted by atomic mass is 16.7. The number of rotatable bonds is 6. The van der Waals surface area contributed by atoms with Gasteiger partial charge < -0.3 is 55.5 Å². The Kier molecular flexibility index (Phi) is 8.06. The summed E-state index contributed by atoms with van der Waals surface area (Å²) in [6.45, 7) is 1.48. The number of carboxylic acid groups (broad SMARTS) is 1.